The summed E-state index contributed by atoms with van der Waals surface area (Å²) in [5.74, 6) is 1.38. The standard InChI is InChI=1S/C20H19N7O/c1-12-9-27(11-22-12)17-6-3-13(8-21-17)15-7-16-18(20(28)26(2)10-23-16)19(25-15)24-14-4-5-14/h3,6-11,14H,4-5H2,1-2H3,(H,24,25). The maximum Gasteiger partial charge on any atom is 0.264 e. The Kier molecular flexibility index (Phi) is 3.71. The van der Waals surface area contributed by atoms with Crippen molar-refractivity contribution in [2.75, 3.05) is 5.32 Å². The quantitative estimate of drug-likeness (QED) is 0.591. The van der Waals surface area contributed by atoms with E-state index in [-0.39, 0.29) is 5.56 Å². The number of imidazole rings is 1. The highest BCUT2D eigenvalue weighted by molar-refractivity contribution is 5.91. The summed E-state index contributed by atoms with van der Waals surface area (Å²) in [6, 6.07) is 6.11. The van der Waals surface area contributed by atoms with Gasteiger partial charge in [-0.1, -0.05) is 0 Å². The normalized spacial score (nSPS) is 13.8. The van der Waals surface area contributed by atoms with Crippen molar-refractivity contribution in [2.24, 2.45) is 7.05 Å². The number of aryl methyl sites for hydroxylation is 2. The molecule has 28 heavy (non-hydrogen) atoms. The second-order valence-corrected chi connectivity index (χ2v) is 7.16. The molecule has 4 aromatic heterocycles. The van der Waals surface area contributed by atoms with Crippen LogP contribution in [0.5, 0.6) is 0 Å². The predicted molar refractivity (Wildman–Crippen MR) is 107 cm³/mol. The minimum absolute atomic E-state index is 0.101. The number of rotatable bonds is 4. The molecule has 0 aliphatic heterocycles. The van der Waals surface area contributed by atoms with Crippen LogP contribution in [0.25, 0.3) is 28.0 Å². The first-order chi connectivity index (χ1) is 13.6. The average Bonchev–Trinajstić information content (AvgIpc) is 3.41. The van der Waals surface area contributed by atoms with Gasteiger partial charge in [0, 0.05) is 31.0 Å². The second kappa shape index (κ2) is 6.26. The number of hydrogen-bond donors (Lipinski definition) is 1. The maximum absolute atomic E-state index is 12.6. The van der Waals surface area contributed by atoms with Gasteiger partial charge in [-0.15, -0.1) is 0 Å². The van der Waals surface area contributed by atoms with E-state index in [1.807, 2.05) is 35.9 Å². The van der Waals surface area contributed by atoms with Gasteiger partial charge >= 0.3 is 0 Å². The van der Waals surface area contributed by atoms with Crippen LogP contribution in [0.1, 0.15) is 18.5 Å². The smallest absolute Gasteiger partial charge is 0.264 e. The fourth-order valence-corrected chi connectivity index (χ4v) is 3.13. The first-order valence-corrected chi connectivity index (χ1v) is 9.19. The van der Waals surface area contributed by atoms with Crippen LogP contribution in [0.2, 0.25) is 0 Å². The highest BCUT2D eigenvalue weighted by atomic mass is 16.1. The first-order valence-electron chi connectivity index (χ1n) is 9.19. The van der Waals surface area contributed by atoms with E-state index in [0.29, 0.717) is 22.8 Å². The van der Waals surface area contributed by atoms with Gasteiger partial charge < -0.3 is 9.88 Å². The summed E-state index contributed by atoms with van der Waals surface area (Å²) in [6.45, 7) is 1.94. The first kappa shape index (κ1) is 16.6. The van der Waals surface area contributed by atoms with Gasteiger partial charge in [0.25, 0.3) is 5.56 Å². The van der Waals surface area contributed by atoms with Crippen molar-refractivity contribution >= 4 is 16.7 Å². The second-order valence-electron chi connectivity index (χ2n) is 7.16. The summed E-state index contributed by atoms with van der Waals surface area (Å²) in [6.07, 6.45) is 9.17. The number of fused-ring (bicyclic) bond motifs is 1. The monoisotopic (exact) mass is 373 g/mol. The molecule has 5 rings (SSSR count). The van der Waals surface area contributed by atoms with Gasteiger partial charge in [0.1, 0.15) is 23.3 Å². The molecule has 8 nitrogen and oxygen atoms in total. The Balaban J connectivity index is 1.60. The molecule has 1 fully saturated rings. The number of aromatic nitrogens is 6. The van der Waals surface area contributed by atoms with Crippen molar-refractivity contribution in [2.45, 2.75) is 25.8 Å². The highest BCUT2D eigenvalue weighted by Crippen LogP contribution is 2.29. The number of pyridine rings is 2. The number of anilines is 1. The molecule has 0 saturated heterocycles. The maximum atomic E-state index is 12.6. The van der Waals surface area contributed by atoms with E-state index in [1.165, 1.54) is 10.9 Å². The van der Waals surface area contributed by atoms with Crippen LogP contribution in [-0.4, -0.2) is 35.1 Å². The van der Waals surface area contributed by atoms with E-state index in [1.54, 1.807) is 19.6 Å². The van der Waals surface area contributed by atoms with Crippen LogP contribution in [0.15, 0.2) is 48.0 Å². The van der Waals surface area contributed by atoms with Crippen LogP contribution in [-0.2, 0) is 7.05 Å². The number of nitrogens with zero attached hydrogens (tertiary/aromatic N) is 6. The van der Waals surface area contributed by atoms with E-state index in [2.05, 4.69) is 20.3 Å². The fourth-order valence-electron chi connectivity index (χ4n) is 3.13. The van der Waals surface area contributed by atoms with Gasteiger partial charge in [-0.25, -0.2) is 19.9 Å². The Morgan fingerprint density at radius 3 is 2.68 bits per heavy atom. The lowest BCUT2D eigenvalue weighted by molar-refractivity contribution is 0.842. The van der Waals surface area contributed by atoms with E-state index in [0.717, 1.165) is 35.6 Å². The van der Waals surface area contributed by atoms with Gasteiger partial charge in [-0.2, -0.15) is 0 Å². The predicted octanol–water partition coefficient (Wildman–Crippen LogP) is 2.46. The summed E-state index contributed by atoms with van der Waals surface area (Å²) in [4.78, 5) is 30.6. The van der Waals surface area contributed by atoms with Gasteiger partial charge in [0.2, 0.25) is 0 Å². The highest BCUT2D eigenvalue weighted by Gasteiger charge is 2.24. The zero-order chi connectivity index (χ0) is 19.3. The van der Waals surface area contributed by atoms with E-state index in [4.69, 9.17) is 4.98 Å². The molecule has 0 atom stereocenters. The zero-order valence-electron chi connectivity index (χ0n) is 15.6. The molecular formula is C20H19N7O. The Morgan fingerprint density at radius 2 is 2.00 bits per heavy atom. The lowest BCUT2D eigenvalue weighted by Gasteiger charge is -2.11. The summed E-state index contributed by atoms with van der Waals surface area (Å²) in [5, 5.41) is 3.91. The summed E-state index contributed by atoms with van der Waals surface area (Å²) in [5.41, 5.74) is 3.06. The molecule has 8 heteroatoms. The van der Waals surface area contributed by atoms with Crippen LogP contribution >= 0.6 is 0 Å². The Morgan fingerprint density at radius 1 is 1.14 bits per heavy atom. The van der Waals surface area contributed by atoms with Gasteiger partial charge in [0.15, 0.2) is 0 Å². The molecule has 1 aliphatic carbocycles. The van der Waals surface area contributed by atoms with Gasteiger partial charge in [-0.05, 0) is 38.0 Å². The molecule has 4 heterocycles. The lowest BCUT2D eigenvalue weighted by atomic mass is 10.1. The molecule has 1 saturated carbocycles. The van der Waals surface area contributed by atoms with Crippen molar-refractivity contribution < 1.29 is 0 Å². The number of nitrogens with one attached hydrogen (secondary N) is 1. The Labute approximate surface area is 160 Å². The van der Waals surface area contributed by atoms with Crippen molar-refractivity contribution in [1.29, 1.82) is 0 Å². The van der Waals surface area contributed by atoms with Gasteiger partial charge in [0.05, 0.1) is 23.2 Å². The Bertz CT molecular complexity index is 1240. The third-order valence-electron chi connectivity index (χ3n) is 4.84. The topological polar surface area (TPSA) is 90.5 Å². The van der Waals surface area contributed by atoms with E-state index < -0.39 is 0 Å². The SMILES string of the molecule is Cc1cn(-c2ccc(-c3cc4ncn(C)c(=O)c4c(NC4CC4)n3)cn2)cn1. The summed E-state index contributed by atoms with van der Waals surface area (Å²) in [7, 11) is 1.70. The van der Waals surface area contributed by atoms with E-state index >= 15 is 0 Å². The van der Waals surface area contributed by atoms with Crippen LogP contribution < -0.4 is 10.9 Å². The van der Waals surface area contributed by atoms with Crippen LogP contribution in [0, 0.1) is 6.92 Å². The summed E-state index contributed by atoms with van der Waals surface area (Å²) >= 11 is 0. The fraction of sp³-hybridized carbons (Fsp3) is 0.250. The van der Waals surface area contributed by atoms with Crippen LogP contribution in [0.3, 0.4) is 0 Å². The Hall–Kier alpha value is -3.55. The minimum atomic E-state index is -0.101. The van der Waals surface area contributed by atoms with Crippen molar-refractivity contribution in [3.63, 3.8) is 0 Å². The molecular weight excluding hydrogens is 354 g/mol. The minimum Gasteiger partial charge on any atom is -0.367 e. The van der Waals surface area contributed by atoms with E-state index in [9.17, 15) is 4.79 Å². The molecule has 1 aliphatic rings. The molecule has 0 amide bonds. The van der Waals surface area contributed by atoms with Crippen LogP contribution in [0.4, 0.5) is 5.82 Å². The van der Waals surface area contributed by atoms with Crippen molar-refractivity contribution in [1.82, 2.24) is 29.1 Å². The van der Waals surface area contributed by atoms with Crippen molar-refractivity contribution in [3.8, 4) is 17.1 Å². The molecule has 1 N–H and O–H groups in total. The molecule has 0 unspecified atom stereocenters. The molecule has 4 aromatic rings. The molecule has 140 valence electrons. The molecule has 0 spiro atoms. The molecule has 0 bridgehead atoms. The van der Waals surface area contributed by atoms with Crippen molar-refractivity contribution in [3.05, 3.63) is 59.3 Å². The average molecular weight is 373 g/mol. The summed E-state index contributed by atoms with van der Waals surface area (Å²) < 4.78 is 3.35. The third-order valence-corrected chi connectivity index (χ3v) is 4.84. The number of hydrogen-bond acceptors (Lipinski definition) is 6. The zero-order valence-corrected chi connectivity index (χ0v) is 15.6. The van der Waals surface area contributed by atoms with Gasteiger partial charge in [-0.3, -0.25) is 9.36 Å². The largest absolute Gasteiger partial charge is 0.367 e. The lowest BCUT2D eigenvalue weighted by Crippen LogP contribution is -2.19. The third kappa shape index (κ3) is 2.92. The molecule has 0 radical (unpaired) electrons. The molecule has 0 aromatic carbocycles.